The van der Waals surface area contributed by atoms with Crippen LogP contribution in [0.2, 0.25) is 5.02 Å². The molecule has 2 aromatic rings. The van der Waals surface area contributed by atoms with Crippen LogP contribution in [0.4, 0.5) is 4.39 Å². The third-order valence-electron chi connectivity index (χ3n) is 5.90. The van der Waals surface area contributed by atoms with Crippen molar-refractivity contribution in [1.82, 2.24) is 14.5 Å². The van der Waals surface area contributed by atoms with Gasteiger partial charge in [0.25, 0.3) is 5.91 Å². The van der Waals surface area contributed by atoms with Crippen molar-refractivity contribution in [2.75, 3.05) is 25.4 Å². The monoisotopic (exact) mass is 541 g/mol. The molecule has 0 aliphatic carbocycles. The van der Waals surface area contributed by atoms with Gasteiger partial charge in [-0.15, -0.1) is 0 Å². The number of amides is 1. The van der Waals surface area contributed by atoms with E-state index in [1.165, 1.54) is 24.3 Å². The number of nitrogens with one attached hydrogen (secondary N) is 1. The van der Waals surface area contributed by atoms with E-state index in [0.29, 0.717) is 30.2 Å². The number of rotatable bonds is 10. The number of carbonyl (C=O) groups is 2. The van der Waals surface area contributed by atoms with Crippen LogP contribution in [0.15, 0.2) is 42.5 Å². The van der Waals surface area contributed by atoms with Gasteiger partial charge >= 0.3 is 5.97 Å². The molecule has 9 nitrogen and oxygen atoms in total. The Bertz CT molecular complexity index is 1190. The van der Waals surface area contributed by atoms with Gasteiger partial charge in [-0.3, -0.25) is 14.5 Å². The minimum absolute atomic E-state index is 0.0740. The van der Waals surface area contributed by atoms with E-state index < -0.39 is 21.7 Å². The summed E-state index contributed by atoms with van der Waals surface area (Å²) in [5.41, 5.74) is 1.36. The second kappa shape index (κ2) is 12.0. The van der Waals surface area contributed by atoms with E-state index in [1.54, 1.807) is 23.1 Å². The molecule has 0 saturated carbocycles. The van der Waals surface area contributed by atoms with Gasteiger partial charge in [-0.1, -0.05) is 23.7 Å². The van der Waals surface area contributed by atoms with E-state index in [0.717, 1.165) is 5.56 Å². The Hall–Kier alpha value is -2.73. The molecule has 1 aliphatic rings. The lowest BCUT2D eigenvalue weighted by Crippen LogP contribution is -2.58. The minimum atomic E-state index is -4.05. The average molecular weight is 542 g/mol. The van der Waals surface area contributed by atoms with Crippen LogP contribution in [0.3, 0.4) is 0 Å². The van der Waals surface area contributed by atoms with Crippen molar-refractivity contribution < 1.29 is 32.2 Å². The molecular formula is C24H29ClFN3O6S. The van der Waals surface area contributed by atoms with Crippen molar-refractivity contribution >= 4 is 33.5 Å². The van der Waals surface area contributed by atoms with E-state index in [4.69, 9.17) is 21.4 Å². The fraction of sp³-hybridized carbons (Fsp3) is 0.417. The number of nitrogens with zero attached hydrogens (tertiary/aromatic N) is 2. The zero-order valence-corrected chi connectivity index (χ0v) is 21.6. The van der Waals surface area contributed by atoms with Crippen LogP contribution in [0.1, 0.15) is 25.0 Å². The van der Waals surface area contributed by atoms with E-state index in [-0.39, 0.29) is 42.7 Å². The Labute approximate surface area is 214 Å². The standard InChI is InChI=1S/C24H29ClFN3O6S/c1-16-12-29(17(2)11-28(16)13-18-3-6-21(26)7-4-18)23(30)14-35-22-8-5-20(25)9-19(22)10-27-36(33,34)15-24(31)32/h3-9,16-17,27H,10-15H2,1-2H3,(H,31,32). The SMILES string of the molecule is CC1CN(C(=O)COc2ccc(Cl)cc2CNS(=O)(=O)CC(=O)O)C(C)CN1Cc1ccc(F)cc1. The van der Waals surface area contributed by atoms with E-state index >= 15 is 0 Å². The molecule has 0 bridgehead atoms. The van der Waals surface area contributed by atoms with Crippen molar-refractivity contribution in [3.8, 4) is 5.75 Å². The van der Waals surface area contributed by atoms with Crippen molar-refractivity contribution in [2.24, 2.45) is 0 Å². The molecule has 2 unspecified atom stereocenters. The first-order valence-corrected chi connectivity index (χ1v) is 13.3. The predicted molar refractivity (Wildman–Crippen MR) is 133 cm³/mol. The number of carboxylic acid groups (broad SMARTS) is 1. The molecule has 196 valence electrons. The van der Waals surface area contributed by atoms with Gasteiger partial charge in [0.05, 0.1) is 0 Å². The molecule has 2 aromatic carbocycles. The predicted octanol–water partition coefficient (Wildman–Crippen LogP) is 2.48. The molecule has 1 aliphatic heterocycles. The molecule has 1 heterocycles. The highest BCUT2D eigenvalue weighted by molar-refractivity contribution is 7.90. The van der Waals surface area contributed by atoms with E-state index in [2.05, 4.69) is 9.62 Å². The molecule has 2 atom stereocenters. The van der Waals surface area contributed by atoms with Gasteiger partial charge < -0.3 is 14.7 Å². The molecule has 1 saturated heterocycles. The third-order valence-corrected chi connectivity index (χ3v) is 7.35. The fourth-order valence-corrected chi connectivity index (χ4v) is 5.04. The van der Waals surface area contributed by atoms with Crippen LogP contribution in [-0.2, 0) is 32.7 Å². The maximum atomic E-state index is 13.2. The number of ether oxygens (including phenoxy) is 1. The lowest BCUT2D eigenvalue weighted by Gasteiger charge is -2.44. The third kappa shape index (κ3) is 7.89. The minimum Gasteiger partial charge on any atom is -0.483 e. The summed E-state index contributed by atoms with van der Waals surface area (Å²) in [7, 11) is -4.05. The van der Waals surface area contributed by atoms with Crippen molar-refractivity contribution in [3.05, 3.63) is 64.4 Å². The Morgan fingerprint density at radius 1 is 1.14 bits per heavy atom. The second-order valence-electron chi connectivity index (χ2n) is 8.81. The van der Waals surface area contributed by atoms with E-state index in [1.807, 2.05) is 13.8 Å². The zero-order chi connectivity index (χ0) is 26.5. The van der Waals surface area contributed by atoms with Crippen LogP contribution in [0.5, 0.6) is 5.75 Å². The number of carboxylic acids is 1. The largest absolute Gasteiger partial charge is 0.483 e. The molecule has 12 heteroatoms. The molecule has 1 amide bonds. The second-order valence-corrected chi connectivity index (χ2v) is 11.1. The van der Waals surface area contributed by atoms with Gasteiger partial charge in [0, 0.05) is 48.8 Å². The maximum absolute atomic E-state index is 13.2. The van der Waals surface area contributed by atoms with Gasteiger partial charge in [-0.2, -0.15) is 0 Å². The topological polar surface area (TPSA) is 116 Å². The number of halogens is 2. The van der Waals surface area contributed by atoms with Crippen LogP contribution in [-0.4, -0.2) is 72.7 Å². The zero-order valence-electron chi connectivity index (χ0n) is 20.0. The first-order valence-electron chi connectivity index (χ1n) is 11.3. The quantitative estimate of drug-likeness (QED) is 0.474. The number of aliphatic carboxylic acids is 1. The number of piperazine rings is 1. The van der Waals surface area contributed by atoms with Gasteiger partial charge in [-0.25, -0.2) is 17.5 Å². The van der Waals surface area contributed by atoms with Crippen LogP contribution < -0.4 is 9.46 Å². The van der Waals surface area contributed by atoms with E-state index in [9.17, 15) is 22.4 Å². The van der Waals surface area contributed by atoms with Crippen molar-refractivity contribution in [2.45, 2.75) is 39.0 Å². The highest BCUT2D eigenvalue weighted by Crippen LogP contribution is 2.24. The molecule has 1 fully saturated rings. The Morgan fingerprint density at radius 3 is 2.50 bits per heavy atom. The van der Waals surface area contributed by atoms with Crippen molar-refractivity contribution in [1.29, 1.82) is 0 Å². The number of sulfonamides is 1. The Balaban J connectivity index is 1.59. The van der Waals surface area contributed by atoms with Crippen molar-refractivity contribution in [3.63, 3.8) is 0 Å². The summed E-state index contributed by atoms with van der Waals surface area (Å²) < 4.78 is 44.8. The summed E-state index contributed by atoms with van der Waals surface area (Å²) in [5.74, 6) is -2.77. The van der Waals surface area contributed by atoms with Gasteiger partial charge in [0.15, 0.2) is 12.4 Å². The molecule has 0 radical (unpaired) electrons. The average Bonchev–Trinajstić information content (AvgIpc) is 2.79. The van der Waals surface area contributed by atoms with Crippen LogP contribution in [0, 0.1) is 5.82 Å². The summed E-state index contributed by atoms with van der Waals surface area (Å²) in [5, 5.41) is 9.06. The molecular weight excluding hydrogens is 513 g/mol. The first-order chi connectivity index (χ1) is 16.9. The Morgan fingerprint density at radius 2 is 1.83 bits per heavy atom. The molecule has 0 spiro atoms. The summed E-state index contributed by atoms with van der Waals surface area (Å²) >= 11 is 6.02. The molecule has 0 aromatic heterocycles. The number of benzene rings is 2. The highest BCUT2D eigenvalue weighted by atomic mass is 35.5. The fourth-order valence-electron chi connectivity index (χ4n) is 4.04. The summed E-state index contributed by atoms with van der Waals surface area (Å²) in [6.07, 6.45) is 0. The molecule has 36 heavy (non-hydrogen) atoms. The summed E-state index contributed by atoms with van der Waals surface area (Å²) in [6.45, 7) is 5.26. The maximum Gasteiger partial charge on any atom is 0.320 e. The highest BCUT2D eigenvalue weighted by Gasteiger charge is 2.32. The Kier molecular flexibility index (Phi) is 9.29. The van der Waals surface area contributed by atoms with Gasteiger partial charge in [-0.05, 0) is 49.7 Å². The molecule has 3 rings (SSSR count). The molecule has 2 N–H and O–H groups in total. The van der Waals surface area contributed by atoms with Crippen LogP contribution in [0.25, 0.3) is 0 Å². The number of hydrogen-bond donors (Lipinski definition) is 2. The van der Waals surface area contributed by atoms with Gasteiger partial charge in [0.1, 0.15) is 11.6 Å². The van der Waals surface area contributed by atoms with Crippen LogP contribution >= 0.6 is 11.6 Å². The summed E-state index contributed by atoms with van der Waals surface area (Å²) in [4.78, 5) is 27.7. The normalized spacial score (nSPS) is 18.7. The lowest BCUT2D eigenvalue weighted by atomic mass is 10.1. The smallest absolute Gasteiger partial charge is 0.320 e. The number of hydrogen-bond acceptors (Lipinski definition) is 6. The summed E-state index contributed by atoms with van der Waals surface area (Å²) in [6, 6.07) is 10.9. The first kappa shape index (κ1) is 27.9. The van der Waals surface area contributed by atoms with Gasteiger partial charge in [0.2, 0.25) is 10.0 Å². The number of carbonyl (C=O) groups excluding carboxylic acids is 1. The lowest BCUT2D eigenvalue weighted by molar-refractivity contribution is -0.139.